The normalized spacial score (nSPS) is 12.2. The molecule has 2 rings (SSSR count). The third-order valence-electron chi connectivity index (χ3n) is 3.71. The molecule has 8 heteroatoms. The van der Waals surface area contributed by atoms with Gasteiger partial charge in [-0.3, -0.25) is 9.59 Å². The van der Waals surface area contributed by atoms with Gasteiger partial charge in [0.1, 0.15) is 17.6 Å². The standard InChI is InChI=1S/C19H19BrFN3O3/c1-11(2)17(23-18(26)13-5-3-4-6-15(13)21)19(27)24-22-10-12-7-8-16(25)14(20)9-12/h3-11,17,25H,1-2H3,(H,23,26)(H,24,27). The van der Waals surface area contributed by atoms with Crippen molar-refractivity contribution in [3.8, 4) is 5.75 Å². The zero-order valence-electron chi connectivity index (χ0n) is 14.7. The van der Waals surface area contributed by atoms with Gasteiger partial charge in [-0.25, -0.2) is 9.82 Å². The molecule has 0 saturated heterocycles. The largest absolute Gasteiger partial charge is 0.507 e. The van der Waals surface area contributed by atoms with Crippen LogP contribution in [0.5, 0.6) is 5.75 Å². The summed E-state index contributed by atoms with van der Waals surface area (Å²) in [5.74, 6) is -2.00. The van der Waals surface area contributed by atoms with E-state index in [9.17, 15) is 19.1 Å². The van der Waals surface area contributed by atoms with Crippen LogP contribution in [0.4, 0.5) is 4.39 Å². The molecule has 0 fully saturated rings. The van der Waals surface area contributed by atoms with Crippen molar-refractivity contribution >= 4 is 34.0 Å². The Hall–Kier alpha value is -2.74. The molecule has 0 aliphatic carbocycles. The molecule has 2 amide bonds. The molecule has 0 aromatic heterocycles. The average molecular weight is 436 g/mol. The van der Waals surface area contributed by atoms with Crippen LogP contribution in [0.15, 0.2) is 52.0 Å². The highest BCUT2D eigenvalue weighted by Crippen LogP contribution is 2.23. The second kappa shape index (κ2) is 9.27. The molecule has 2 aromatic rings. The molecule has 2 aromatic carbocycles. The van der Waals surface area contributed by atoms with Gasteiger partial charge >= 0.3 is 0 Å². The smallest absolute Gasteiger partial charge is 0.262 e. The summed E-state index contributed by atoms with van der Waals surface area (Å²) >= 11 is 3.19. The van der Waals surface area contributed by atoms with Gasteiger partial charge in [-0.2, -0.15) is 5.10 Å². The Bertz CT molecular complexity index is 871. The monoisotopic (exact) mass is 435 g/mol. The maximum atomic E-state index is 13.7. The van der Waals surface area contributed by atoms with Gasteiger partial charge in [0, 0.05) is 0 Å². The van der Waals surface area contributed by atoms with Crippen LogP contribution in [0.3, 0.4) is 0 Å². The first-order chi connectivity index (χ1) is 12.8. The molecular formula is C19H19BrFN3O3. The first kappa shape index (κ1) is 20.6. The summed E-state index contributed by atoms with van der Waals surface area (Å²) in [6.45, 7) is 3.51. The lowest BCUT2D eigenvalue weighted by molar-refractivity contribution is -0.123. The molecule has 1 unspecified atom stereocenters. The Kier molecular flexibility index (Phi) is 7.06. The summed E-state index contributed by atoms with van der Waals surface area (Å²) in [4.78, 5) is 24.6. The summed E-state index contributed by atoms with van der Waals surface area (Å²) in [5.41, 5.74) is 2.88. The molecule has 0 aliphatic rings. The van der Waals surface area contributed by atoms with Gasteiger partial charge in [0.25, 0.3) is 11.8 Å². The SMILES string of the molecule is CC(C)C(NC(=O)c1ccccc1F)C(=O)NN=Cc1ccc(O)c(Br)c1. The molecular weight excluding hydrogens is 417 g/mol. The van der Waals surface area contributed by atoms with Crippen LogP contribution in [-0.2, 0) is 4.79 Å². The number of rotatable bonds is 6. The number of hydrazone groups is 1. The number of carbonyl (C=O) groups is 2. The number of nitrogens with one attached hydrogen (secondary N) is 2. The van der Waals surface area contributed by atoms with E-state index in [1.165, 1.54) is 30.5 Å². The summed E-state index contributed by atoms with van der Waals surface area (Å²) in [5, 5.41) is 15.9. The second-order valence-electron chi connectivity index (χ2n) is 6.12. The predicted molar refractivity (Wildman–Crippen MR) is 104 cm³/mol. The fourth-order valence-electron chi connectivity index (χ4n) is 2.24. The number of carbonyl (C=O) groups excluding carboxylic acids is 2. The topological polar surface area (TPSA) is 90.8 Å². The van der Waals surface area contributed by atoms with Crippen LogP contribution in [0.1, 0.15) is 29.8 Å². The number of hydrogen-bond donors (Lipinski definition) is 3. The number of hydrogen-bond acceptors (Lipinski definition) is 4. The Morgan fingerprint density at radius 1 is 1.22 bits per heavy atom. The van der Waals surface area contributed by atoms with Crippen molar-refractivity contribution in [2.75, 3.05) is 0 Å². The van der Waals surface area contributed by atoms with E-state index in [2.05, 4.69) is 31.8 Å². The predicted octanol–water partition coefficient (Wildman–Crippen LogP) is 3.20. The van der Waals surface area contributed by atoms with Gasteiger partial charge in [-0.05, 0) is 57.7 Å². The number of amides is 2. The molecule has 27 heavy (non-hydrogen) atoms. The van der Waals surface area contributed by atoms with Crippen molar-refractivity contribution in [2.45, 2.75) is 19.9 Å². The quantitative estimate of drug-likeness (QED) is 0.480. The molecule has 0 bridgehead atoms. The lowest BCUT2D eigenvalue weighted by atomic mass is 10.0. The highest BCUT2D eigenvalue weighted by molar-refractivity contribution is 9.10. The Labute approximate surface area is 164 Å². The summed E-state index contributed by atoms with van der Waals surface area (Å²) in [6, 6.07) is 9.40. The van der Waals surface area contributed by atoms with Crippen molar-refractivity contribution in [3.63, 3.8) is 0 Å². The lowest BCUT2D eigenvalue weighted by Gasteiger charge is -2.20. The van der Waals surface area contributed by atoms with E-state index in [1.807, 2.05) is 0 Å². The molecule has 0 aliphatic heterocycles. The van der Waals surface area contributed by atoms with E-state index in [1.54, 1.807) is 32.0 Å². The molecule has 3 N–H and O–H groups in total. The molecule has 0 spiro atoms. The van der Waals surface area contributed by atoms with Crippen molar-refractivity contribution in [3.05, 3.63) is 63.9 Å². The fraction of sp³-hybridized carbons (Fsp3) is 0.211. The third kappa shape index (κ3) is 5.62. The Morgan fingerprint density at radius 3 is 2.56 bits per heavy atom. The van der Waals surface area contributed by atoms with Gasteiger partial charge in [-0.1, -0.05) is 26.0 Å². The summed E-state index contributed by atoms with van der Waals surface area (Å²) < 4.78 is 14.2. The molecule has 0 saturated carbocycles. The zero-order chi connectivity index (χ0) is 20.0. The number of nitrogens with zero attached hydrogens (tertiary/aromatic N) is 1. The van der Waals surface area contributed by atoms with E-state index in [-0.39, 0.29) is 17.2 Å². The fourth-order valence-corrected chi connectivity index (χ4v) is 2.64. The van der Waals surface area contributed by atoms with Gasteiger partial charge in [-0.15, -0.1) is 0 Å². The highest BCUT2D eigenvalue weighted by atomic mass is 79.9. The van der Waals surface area contributed by atoms with Crippen molar-refractivity contribution in [2.24, 2.45) is 11.0 Å². The minimum absolute atomic E-state index is 0.0897. The Balaban J connectivity index is 2.04. The summed E-state index contributed by atoms with van der Waals surface area (Å²) in [7, 11) is 0. The first-order valence-electron chi connectivity index (χ1n) is 8.16. The van der Waals surface area contributed by atoms with E-state index >= 15 is 0 Å². The van der Waals surface area contributed by atoms with E-state index in [0.717, 1.165) is 0 Å². The third-order valence-corrected chi connectivity index (χ3v) is 4.35. The molecule has 1 atom stereocenters. The van der Waals surface area contributed by atoms with Gasteiger partial charge in [0.15, 0.2) is 0 Å². The molecule has 0 heterocycles. The average Bonchev–Trinajstić information content (AvgIpc) is 2.62. The second-order valence-corrected chi connectivity index (χ2v) is 6.97. The van der Waals surface area contributed by atoms with Crippen LogP contribution < -0.4 is 10.7 Å². The van der Waals surface area contributed by atoms with Crippen LogP contribution in [0, 0.1) is 11.7 Å². The minimum atomic E-state index is -0.888. The van der Waals surface area contributed by atoms with E-state index in [0.29, 0.717) is 10.0 Å². The zero-order valence-corrected chi connectivity index (χ0v) is 16.3. The van der Waals surface area contributed by atoms with Crippen molar-refractivity contribution < 1.29 is 19.1 Å². The van der Waals surface area contributed by atoms with E-state index in [4.69, 9.17) is 0 Å². The summed E-state index contributed by atoms with van der Waals surface area (Å²) in [6.07, 6.45) is 1.40. The molecule has 142 valence electrons. The first-order valence-corrected chi connectivity index (χ1v) is 8.95. The maximum absolute atomic E-state index is 13.7. The minimum Gasteiger partial charge on any atom is -0.507 e. The highest BCUT2D eigenvalue weighted by Gasteiger charge is 2.25. The van der Waals surface area contributed by atoms with Crippen LogP contribution in [-0.4, -0.2) is 29.2 Å². The maximum Gasteiger partial charge on any atom is 0.262 e. The van der Waals surface area contributed by atoms with Crippen molar-refractivity contribution in [1.82, 2.24) is 10.7 Å². The van der Waals surface area contributed by atoms with Gasteiger partial charge in [0.2, 0.25) is 0 Å². The van der Waals surface area contributed by atoms with Crippen LogP contribution >= 0.6 is 15.9 Å². The molecule has 0 radical (unpaired) electrons. The van der Waals surface area contributed by atoms with Crippen LogP contribution in [0.25, 0.3) is 0 Å². The number of benzene rings is 2. The Morgan fingerprint density at radius 2 is 1.93 bits per heavy atom. The lowest BCUT2D eigenvalue weighted by Crippen LogP contribution is -2.48. The van der Waals surface area contributed by atoms with Crippen LogP contribution in [0.2, 0.25) is 0 Å². The van der Waals surface area contributed by atoms with E-state index < -0.39 is 23.7 Å². The van der Waals surface area contributed by atoms with Gasteiger partial charge < -0.3 is 10.4 Å². The van der Waals surface area contributed by atoms with Crippen molar-refractivity contribution in [1.29, 1.82) is 0 Å². The van der Waals surface area contributed by atoms with Gasteiger partial charge in [0.05, 0.1) is 16.3 Å². The number of aromatic hydroxyl groups is 1. The number of phenols is 1. The number of halogens is 2. The molecule has 6 nitrogen and oxygen atoms in total. The number of phenolic OH excluding ortho intramolecular Hbond substituents is 1.